The van der Waals surface area contributed by atoms with Crippen LogP contribution in [0.4, 0.5) is 4.39 Å². The molecular formula is C7H10BrF. The van der Waals surface area contributed by atoms with E-state index in [2.05, 4.69) is 22.5 Å². The van der Waals surface area contributed by atoms with Crippen LogP contribution in [-0.4, -0.2) is 6.17 Å². The summed E-state index contributed by atoms with van der Waals surface area (Å²) < 4.78 is 13.0. The Morgan fingerprint density at radius 2 is 2.22 bits per heavy atom. The molecule has 2 heteroatoms. The summed E-state index contributed by atoms with van der Waals surface area (Å²) in [5, 5.41) is 0. The zero-order valence-electron chi connectivity index (χ0n) is 5.62. The molecule has 0 spiro atoms. The standard InChI is InChI=1S/C7H10BrF/c1-5(7(3)9)4-6(2)8/h4,7H,2H2,1,3H3/b5-4+. The van der Waals surface area contributed by atoms with Gasteiger partial charge in [-0.05, 0) is 25.5 Å². The molecule has 0 aliphatic rings. The maximum Gasteiger partial charge on any atom is 0.118 e. The molecule has 0 N–H and O–H groups in total. The van der Waals surface area contributed by atoms with Gasteiger partial charge in [0.15, 0.2) is 0 Å². The molecule has 0 aromatic rings. The lowest BCUT2D eigenvalue weighted by atomic mass is 10.2. The molecule has 0 bridgehead atoms. The van der Waals surface area contributed by atoms with Gasteiger partial charge in [-0.25, -0.2) is 4.39 Å². The number of halogens is 2. The highest BCUT2D eigenvalue weighted by atomic mass is 79.9. The van der Waals surface area contributed by atoms with E-state index < -0.39 is 6.17 Å². The van der Waals surface area contributed by atoms with Crippen LogP contribution in [0, 0.1) is 0 Å². The summed E-state index contributed by atoms with van der Waals surface area (Å²) in [5.41, 5.74) is 0.692. The van der Waals surface area contributed by atoms with E-state index in [1.807, 2.05) is 0 Å². The Labute approximate surface area is 63.6 Å². The molecule has 0 saturated heterocycles. The molecule has 52 valence electrons. The van der Waals surface area contributed by atoms with E-state index in [-0.39, 0.29) is 0 Å². The van der Waals surface area contributed by atoms with Crippen molar-refractivity contribution in [2.24, 2.45) is 0 Å². The van der Waals surface area contributed by atoms with Crippen molar-refractivity contribution in [3.05, 3.63) is 22.7 Å². The van der Waals surface area contributed by atoms with Gasteiger partial charge in [-0.2, -0.15) is 0 Å². The van der Waals surface area contributed by atoms with Crippen LogP contribution in [0.5, 0.6) is 0 Å². The van der Waals surface area contributed by atoms with Gasteiger partial charge in [-0.15, -0.1) is 0 Å². The van der Waals surface area contributed by atoms with Crippen LogP contribution in [0.25, 0.3) is 0 Å². The zero-order chi connectivity index (χ0) is 7.44. The first-order valence-electron chi connectivity index (χ1n) is 2.70. The van der Waals surface area contributed by atoms with Gasteiger partial charge in [-0.3, -0.25) is 0 Å². The Hall–Kier alpha value is -0.110. The SMILES string of the molecule is C=C(Br)/C=C(\C)C(C)F. The molecule has 9 heavy (non-hydrogen) atoms. The fourth-order valence-electron chi connectivity index (χ4n) is 0.362. The molecule has 1 atom stereocenters. The Morgan fingerprint density at radius 1 is 1.78 bits per heavy atom. The third-order valence-corrected chi connectivity index (χ3v) is 1.24. The predicted octanol–water partition coefficient (Wildman–Crippen LogP) is 3.20. The van der Waals surface area contributed by atoms with Crippen LogP contribution < -0.4 is 0 Å². The fourth-order valence-corrected chi connectivity index (χ4v) is 0.723. The van der Waals surface area contributed by atoms with Crippen LogP contribution in [0.3, 0.4) is 0 Å². The second-order valence-corrected chi connectivity index (χ2v) is 2.97. The maximum absolute atomic E-state index is 12.3. The van der Waals surface area contributed by atoms with E-state index in [4.69, 9.17) is 0 Å². The minimum atomic E-state index is -0.876. The van der Waals surface area contributed by atoms with Crippen molar-refractivity contribution < 1.29 is 4.39 Å². The highest BCUT2D eigenvalue weighted by Gasteiger charge is 1.98. The van der Waals surface area contributed by atoms with Crippen LogP contribution in [-0.2, 0) is 0 Å². The Bertz CT molecular complexity index is 136. The van der Waals surface area contributed by atoms with Gasteiger partial charge in [0.25, 0.3) is 0 Å². The van der Waals surface area contributed by atoms with E-state index in [0.717, 1.165) is 0 Å². The van der Waals surface area contributed by atoms with Crippen LogP contribution in [0.1, 0.15) is 13.8 Å². The summed E-state index contributed by atoms with van der Waals surface area (Å²) in [7, 11) is 0. The molecule has 0 radical (unpaired) electrons. The molecule has 0 nitrogen and oxygen atoms in total. The third-order valence-electron chi connectivity index (χ3n) is 1.01. The van der Waals surface area contributed by atoms with Crippen molar-refractivity contribution >= 4 is 15.9 Å². The summed E-state index contributed by atoms with van der Waals surface area (Å²) >= 11 is 3.11. The van der Waals surface area contributed by atoms with E-state index in [1.54, 1.807) is 13.0 Å². The summed E-state index contributed by atoms with van der Waals surface area (Å²) in [5.74, 6) is 0. The lowest BCUT2D eigenvalue weighted by Crippen LogP contribution is -1.92. The maximum atomic E-state index is 12.3. The molecule has 0 saturated carbocycles. The highest BCUT2D eigenvalue weighted by Crippen LogP contribution is 2.11. The van der Waals surface area contributed by atoms with Crippen molar-refractivity contribution in [2.75, 3.05) is 0 Å². The molecule has 0 rings (SSSR count). The Balaban J connectivity index is 4.00. The number of alkyl halides is 1. The first kappa shape index (κ1) is 8.89. The molecule has 0 aromatic heterocycles. The molecule has 0 heterocycles. The average molecular weight is 193 g/mol. The molecule has 0 aromatic carbocycles. The predicted molar refractivity (Wildman–Crippen MR) is 42.4 cm³/mol. The summed E-state index contributed by atoms with van der Waals surface area (Å²) in [4.78, 5) is 0. The first-order chi connectivity index (χ1) is 4.04. The van der Waals surface area contributed by atoms with Gasteiger partial charge in [0.1, 0.15) is 6.17 Å². The molecule has 0 aliphatic heterocycles. The average Bonchev–Trinajstić information content (AvgIpc) is 1.63. The minimum Gasteiger partial charge on any atom is -0.243 e. The second-order valence-electron chi connectivity index (χ2n) is 1.95. The van der Waals surface area contributed by atoms with Crippen molar-refractivity contribution in [3.63, 3.8) is 0 Å². The van der Waals surface area contributed by atoms with Crippen molar-refractivity contribution in [3.8, 4) is 0 Å². The van der Waals surface area contributed by atoms with E-state index in [0.29, 0.717) is 10.1 Å². The van der Waals surface area contributed by atoms with Gasteiger partial charge < -0.3 is 0 Å². The quantitative estimate of drug-likeness (QED) is 0.590. The van der Waals surface area contributed by atoms with E-state index in [1.165, 1.54) is 6.92 Å². The smallest absolute Gasteiger partial charge is 0.118 e. The lowest BCUT2D eigenvalue weighted by molar-refractivity contribution is 0.411. The van der Waals surface area contributed by atoms with Crippen molar-refractivity contribution in [1.82, 2.24) is 0 Å². The number of allylic oxidation sites excluding steroid dienone is 3. The van der Waals surface area contributed by atoms with Gasteiger partial charge >= 0.3 is 0 Å². The molecule has 0 fully saturated rings. The van der Waals surface area contributed by atoms with Gasteiger partial charge in [0.2, 0.25) is 0 Å². The normalized spacial score (nSPS) is 15.3. The van der Waals surface area contributed by atoms with Crippen molar-refractivity contribution in [2.45, 2.75) is 20.0 Å². The summed E-state index contributed by atoms with van der Waals surface area (Å²) in [6.07, 6.45) is 0.796. The molecule has 0 amide bonds. The monoisotopic (exact) mass is 192 g/mol. The first-order valence-corrected chi connectivity index (χ1v) is 3.50. The van der Waals surface area contributed by atoms with Gasteiger partial charge in [0, 0.05) is 4.48 Å². The molecule has 1 unspecified atom stereocenters. The zero-order valence-corrected chi connectivity index (χ0v) is 7.20. The van der Waals surface area contributed by atoms with Crippen LogP contribution >= 0.6 is 15.9 Å². The van der Waals surface area contributed by atoms with Crippen LogP contribution in [0.15, 0.2) is 22.7 Å². The topological polar surface area (TPSA) is 0 Å². The summed E-state index contributed by atoms with van der Waals surface area (Å²) in [6.45, 7) is 6.79. The van der Waals surface area contributed by atoms with E-state index in [9.17, 15) is 4.39 Å². The molecule has 0 aliphatic carbocycles. The Kier molecular flexibility index (Phi) is 3.78. The van der Waals surface area contributed by atoms with Crippen LogP contribution in [0.2, 0.25) is 0 Å². The third kappa shape index (κ3) is 4.40. The van der Waals surface area contributed by atoms with Gasteiger partial charge in [0.05, 0.1) is 0 Å². The second kappa shape index (κ2) is 3.83. The summed E-state index contributed by atoms with van der Waals surface area (Å²) in [6, 6.07) is 0. The fraction of sp³-hybridized carbons (Fsp3) is 0.429. The number of hydrogen-bond acceptors (Lipinski definition) is 0. The Morgan fingerprint density at radius 3 is 2.33 bits per heavy atom. The number of hydrogen-bond donors (Lipinski definition) is 0. The molecular weight excluding hydrogens is 183 g/mol. The minimum absolute atomic E-state index is 0.692. The van der Waals surface area contributed by atoms with Gasteiger partial charge in [-0.1, -0.05) is 22.5 Å². The number of rotatable bonds is 2. The van der Waals surface area contributed by atoms with Crippen molar-refractivity contribution in [1.29, 1.82) is 0 Å². The lowest BCUT2D eigenvalue weighted by Gasteiger charge is -1.98. The van der Waals surface area contributed by atoms with E-state index >= 15 is 0 Å². The highest BCUT2D eigenvalue weighted by molar-refractivity contribution is 9.11. The largest absolute Gasteiger partial charge is 0.243 e.